The molecule has 0 atom stereocenters. The Morgan fingerprint density at radius 1 is 1.26 bits per heavy atom. The van der Waals surface area contributed by atoms with E-state index in [0.29, 0.717) is 11.4 Å². The van der Waals surface area contributed by atoms with Crippen LogP contribution in [0, 0.1) is 6.92 Å². The van der Waals surface area contributed by atoms with Crippen molar-refractivity contribution in [1.82, 2.24) is 14.8 Å². The molecule has 2 heterocycles. The maximum atomic E-state index is 12.0. The molecule has 1 N–H and O–H groups in total. The second kappa shape index (κ2) is 4.84. The third-order valence-corrected chi connectivity index (χ3v) is 2.69. The second-order valence-corrected chi connectivity index (χ2v) is 5.52. The number of carbonyl (C=O) groups is 1. The number of aryl methyl sites for hydroxylation is 1. The summed E-state index contributed by atoms with van der Waals surface area (Å²) in [6.45, 7) is 8.04. The van der Waals surface area contributed by atoms with Gasteiger partial charge in [0.25, 0.3) is 5.91 Å². The molecule has 0 spiro atoms. The van der Waals surface area contributed by atoms with E-state index in [1.165, 1.54) is 0 Å². The predicted octanol–water partition coefficient (Wildman–Crippen LogP) is 2.59. The average molecular weight is 258 g/mol. The monoisotopic (exact) mass is 258 g/mol. The van der Waals surface area contributed by atoms with E-state index in [2.05, 4.69) is 15.4 Å². The van der Waals surface area contributed by atoms with E-state index < -0.39 is 0 Å². The van der Waals surface area contributed by atoms with Crippen LogP contribution in [-0.2, 0) is 5.54 Å². The predicted molar refractivity (Wildman–Crippen MR) is 74.2 cm³/mol. The Morgan fingerprint density at radius 2 is 2.00 bits per heavy atom. The summed E-state index contributed by atoms with van der Waals surface area (Å²) in [5.74, 6) is 0.339. The van der Waals surface area contributed by atoms with Crippen LogP contribution in [0.5, 0.6) is 0 Å². The third kappa shape index (κ3) is 3.19. The highest BCUT2D eigenvalue weighted by atomic mass is 16.1. The third-order valence-electron chi connectivity index (χ3n) is 2.69. The summed E-state index contributed by atoms with van der Waals surface area (Å²) >= 11 is 0. The Bertz CT molecular complexity index is 578. The van der Waals surface area contributed by atoms with Crippen LogP contribution in [-0.4, -0.2) is 20.7 Å². The van der Waals surface area contributed by atoms with Gasteiger partial charge < -0.3 is 5.32 Å². The normalized spacial score (nSPS) is 11.4. The van der Waals surface area contributed by atoms with Crippen molar-refractivity contribution < 1.29 is 4.79 Å². The van der Waals surface area contributed by atoms with E-state index in [9.17, 15) is 4.79 Å². The van der Waals surface area contributed by atoms with Crippen LogP contribution in [0.3, 0.4) is 0 Å². The van der Waals surface area contributed by atoms with Gasteiger partial charge >= 0.3 is 0 Å². The summed E-state index contributed by atoms with van der Waals surface area (Å²) in [7, 11) is 0. The number of carbonyl (C=O) groups excluding carboxylic acids is 1. The molecule has 0 aliphatic carbocycles. The van der Waals surface area contributed by atoms with E-state index in [1.807, 2.05) is 33.8 Å². The maximum absolute atomic E-state index is 12.0. The summed E-state index contributed by atoms with van der Waals surface area (Å²) in [4.78, 5) is 16.2. The Hall–Kier alpha value is -2.17. The minimum atomic E-state index is -0.202. The van der Waals surface area contributed by atoms with Gasteiger partial charge in [-0.2, -0.15) is 5.10 Å². The first kappa shape index (κ1) is 13.3. The van der Waals surface area contributed by atoms with E-state index in [4.69, 9.17) is 0 Å². The second-order valence-electron chi connectivity index (χ2n) is 5.52. The summed E-state index contributed by atoms with van der Waals surface area (Å²) in [6.07, 6.45) is 5.02. The van der Waals surface area contributed by atoms with Gasteiger partial charge in [-0.25, -0.2) is 4.98 Å². The molecule has 2 aromatic rings. The first-order valence-electron chi connectivity index (χ1n) is 6.15. The number of pyridine rings is 1. The maximum Gasteiger partial charge on any atom is 0.260 e. The lowest BCUT2D eigenvalue weighted by atomic mass is 10.1. The largest absolute Gasteiger partial charge is 0.306 e. The fourth-order valence-corrected chi connectivity index (χ4v) is 1.54. The van der Waals surface area contributed by atoms with E-state index in [1.54, 1.807) is 29.3 Å². The molecule has 1 amide bonds. The molecule has 0 bridgehead atoms. The molecule has 100 valence electrons. The first-order chi connectivity index (χ1) is 8.86. The Labute approximate surface area is 112 Å². The molecular weight excluding hydrogens is 240 g/mol. The molecule has 2 rings (SSSR count). The van der Waals surface area contributed by atoms with Crippen LogP contribution in [0.2, 0.25) is 0 Å². The van der Waals surface area contributed by atoms with Gasteiger partial charge in [0.15, 0.2) is 0 Å². The number of hydrogen-bond donors (Lipinski definition) is 1. The van der Waals surface area contributed by atoms with Gasteiger partial charge in [-0.15, -0.1) is 0 Å². The van der Waals surface area contributed by atoms with E-state index in [0.717, 1.165) is 5.56 Å². The Kier molecular flexibility index (Phi) is 3.38. The zero-order valence-electron chi connectivity index (χ0n) is 11.6. The van der Waals surface area contributed by atoms with Crippen LogP contribution in [0.25, 0.3) is 0 Å². The van der Waals surface area contributed by atoms with Crippen LogP contribution in [0.15, 0.2) is 30.7 Å². The van der Waals surface area contributed by atoms with Crippen LogP contribution in [0.4, 0.5) is 5.82 Å². The molecule has 5 heteroatoms. The zero-order chi connectivity index (χ0) is 14.0. The quantitative estimate of drug-likeness (QED) is 0.900. The van der Waals surface area contributed by atoms with Crippen LogP contribution < -0.4 is 5.32 Å². The lowest BCUT2D eigenvalue weighted by Gasteiger charge is -2.18. The van der Waals surface area contributed by atoms with Crippen molar-refractivity contribution >= 4 is 11.7 Å². The molecule has 2 aromatic heterocycles. The number of nitrogens with one attached hydrogen (secondary N) is 1. The number of aromatic nitrogens is 3. The van der Waals surface area contributed by atoms with Crippen molar-refractivity contribution in [2.75, 3.05) is 5.32 Å². The lowest BCUT2D eigenvalue weighted by Crippen LogP contribution is -2.22. The Morgan fingerprint density at radius 3 is 2.53 bits per heavy atom. The first-order valence-corrected chi connectivity index (χ1v) is 6.15. The summed E-state index contributed by atoms with van der Waals surface area (Å²) in [5, 5.41) is 6.95. The smallest absolute Gasteiger partial charge is 0.260 e. The summed E-state index contributed by atoms with van der Waals surface area (Å²) in [6, 6.07) is 3.68. The topological polar surface area (TPSA) is 59.8 Å². The standard InChI is InChI=1S/C14H18N4O/c1-10-5-6-12(15-7-10)17-13(19)11-8-16-18(9-11)14(2,3)4/h5-9H,1-4H3,(H,15,17,19). The van der Waals surface area contributed by atoms with Crippen molar-refractivity contribution in [1.29, 1.82) is 0 Å². The average Bonchev–Trinajstić information content (AvgIpc) is 2.81. The van der Waals surface area contributed by atoms with Gasteiger partial charge in [0, 0.05) is 12.4 Å². The van der Waals surface area contributed by atoms with Crippen molar-refractivity contribution in [3.8, 4) is 0 Å². The van der Waals surface area contributed by atoms with Crippen molar-refractivity contribution in [2.45, 2.75) is 33.2 Å². The fourth-order valence-electron chi connectivity index (χ4n) is 1.54. The molecule has 5 nitrogen and oxygen atoms in total. The van der Waals surface area contributed by atoms with Crippen molar-refractivity contribution in [2.24, 2.45) is 0 Å². The number of nitrogens with zero attached hydrogens (tertiary/aromatic N) is 3. The Balaban J connectivity index is 2.12. The lowest BCUT2D eigenvalue weighted by molar-refractivity contribution is 0.102. The van der Waals surface area contributed by atoms with E-state index >= 15 is 0 Å². The highest BCUT2D eigenvalue weighted by Gasteiger charge is 2.16. The molecule has 0 saturated carbocycles. The molecule has 0 aliphatic rings. The van der Waals surface area contributed by atoms with Crippen molar-refractivity contribution in [3.05, 3.63) is 41.9 Å². The number of amides is 1. The van der Waals surface area contributed by atoms with Crippen molar-refractivity contribution in [3.63, 3.8) is 0 Å². The van der Waals surface area contributed by atoms with Gasteiger partial charge in [0.05, 0.1) is 17.3 Å². The summed E-state index contributed by atoms with van der Waals surface area (Å²) in [5.41, 5.74) is 1.44. The number of hydrogen-bond acceptors (Lipinski definition) is 3. The van der Waals surface area contributed by atoms with Gasteiger partial charge in [-0.1, -0.05) is 6.07 Å². The molecule has 0 aromatic carbocycles. The molecule has 19 heavy (non-hydrogen) atoms. The van der Waals surface area contributed by atoms with Gasteiger partial charge in [-0.3, -0.25) is 9.48 Å². The zero-order valence-corrected chi connectivity index (χ0v) is 11.6. The number of anilines is 1. The fraction of sp³-hybridized carbons (Fsp3) is 0.357. The molecule has 0 radical (unpaired) electrons. The SMILES string of the molecule is Cc1ccc(NC(=O)c2cnn(C(C)(C)C)c2)nc1. The molecular formula is C14H18N4O. The van der Waals surface area contributed by atoms with Crippen LogP contribution in [0.1, 0.15) is 36.7 Å². The molecule has 0 saturated heterocycles. The van der Waals surface area contributed by atoms with Gasteiger partial charge in [-0.05, 0) is 39.3 Å². The van der Waals surface area contributed by atoms with Gasteiger partial charge in [0.1, 0.15) is 5.82 Å². The molecule has 0 aliphatic heterocycles. The van der Waals surface area contributed by atoms with E-state index in [-0.39, 0.29) is 11.4 Å². The van der Waals surface area contributed by atoms with Gasteiger partial charge in [0.2, 0.25) is 0 Å². The molecule has 0 fully saturated rings. The van der Waals surface area contributed by atoms with Crippen LogP contribution >= 0.6 is 0 Å². The highest BCUT2D eigenvalue weighted by molar-refractivity contribution is 6.03. The molecule has 0 unspecified atom stereocenters. The number of rotatable bonds is 2. The summed E-state index contributed by atoms with van der Waals surface area (Å²) < 4.78 is 1.77. The minimum absolute atomic E-state index is 0.138. The highest BCUT2D eigenvalue weighted by Crippen LogP contribution is 2.14. The minimum Gasteiger partial charge on any atom is -0.306 e.